The van der Waals surface area contributed by atoms with E-state index in [-0.39, 0.29) is 12.5 Å². The van der Waals surface area contributed by atoms with Crippen molar-refractivity contribution in [2.24, 2.45) is 0 Å². The second-order valence-electron chi connectivity index (χ2n) is 4.47. The van der Waals surface area contributed by atoms with Crippen molar-refractivity contribution in [3.8, 4) is 0 Å². The van der Waals surface area contributed by atoms with E-state index in [1.807, 2.05) is 0 Å². The van der Waals surface area contributed by atoms with Crippen molar-refractivity contribution in [2.75, 3.05) is 46.4 Å². The van der Waals surface area contributed by atoms with E-state index in [9.17, 15) is 4.79 Å². The number of piperazine rings is 1. The molecule has 1 aliphatic heterocycles. The Labute approximate surface area is 111 Å². The van der Waals surface area contributed by atoms with E-state index in [1.54, 1.807) is 18.1 Å². The van der Waals surface area contributed by atoms with E-state index in [0.29, 0.717) is 37.7 Å². The van der Waals surface area contributed by atoms with Crippen molar-refractivity contribution in [2.45, 2.75) is 6.61 Å². The topological polar surface area (TPSA) is 79.0 Å². The smallest absolute Gasteiger partial charge is 0.276 e. The summed E-state index contributed by atoms with van der Waals surface area (Å²) < 4.78 is 9.93. The van der Waals surface area contributed by atoms with Gasteiger partial charge in [-0.15, -0.1) is 0 Å². The fourth-order valence-electron chi connectivity index (χ4n) is 2.10. The van der Waals surface area contributed by atoms with Gasteiger partial charge in [0.15, 0.2) is 11.5 Å². The highest BCUT2D eigenvalue weighted by Crippen LogP contribution is 2.10. The number of rotatable bonds is 5. The minimum absolute atomic E-state index is 0.116. The van der Waals surface area contributed by atoms with Crippen LogP contribution in [0.25, 0.3) is 0 Å². The average molecular weight is 269 g/mol. The Kier molecular flexibility index (Phi) is 4.89. The summed E-state index contributed by atoms with van der Waals surface area (Å²) in [4.78, 5) is 16.1. The van der Waals surface area contributed by atoms with Gasteiger partial charge in [0.1, 0.15) is 6.61 Å². The molecular formula is C12H19N3O4. The molecule has 0 aliphatic carbocycles. The lowest BCUT2D eigenvalue weighted by Gasteiger charge is -2.33. The summed E-state index contributed by atoms with van der Waals surface area (Å²) in [6.07, 6.45) is 0. The molecule has 2 heterocycles. The average Bonchev–Trinajstić information content (AvgIpc) is 2.88. The van der Waals surface area contributed by atoms with Gasteiger partial charge in [-0.3, -0.25) is 9.69 Å². The molecule has 106 valence electrons. The molecule has 0 bridgehead atoms. The summed E-state index contributed by atoms with van der Waals surface area (Å²) in [5, 5.41) is 12.6. The Morgan fingerprint density at radius 2 is 2.21 bits per heavy atom. The molecule has 0 aromatic carbocycles. The first kappa shape index (κ1) is 14.0. The van der Waals surface area contributed by atoms with Crippen LogP contribution in [0.5, 0.6) is 0 Å². The molecule has 1 amide bonds. The highest BCUT2D eigenvalue weighted by atomic mass is 16.5. The number of aliphatic hydroxyl groups is 1. The molecule has 0 radical (unpaired) electrons. The number of ether oxygens (including phenoxy) is 1. The second kappa shape index (κ2) is 6.65. The lowest BCUT2D eigenvalue weighted by molar-refractivity contribution is 0.0605. The molecule has 0 atom stereocenters. The summed E-state index contributed by atoms with van der Waals surface area (Å²) in [5.41, 5.74) is 0.322. The molecule has 0 spiro atoms. The maximum Gasteiger partial charge on any atom is 0.276 e. The van der Waals surface area contributed by atoms with E-state index in [2.05, 4.69) is 10.1 Å². The van der Waals surface area contributed by atoms with Crippen molar-refractivity contribution in [3.63, 3.8) is 0 Å². The number of amides is 1. The summed E-state index contributed by atoms with van der Waals surface area (Å²) in [7, 11) is 1.56. The molecule has 0 unspecified atom stereocenters. The largest absolute Gasteiger partial charge is 0.395 e. The number of β-amino-alcohol motifs (C(OH)–C–C–N with tert-alkyl or cyclic N) is 1. The molecular weight excluding hydrogens is 250 g/mol. The Bertz CT molecular complexity index is 413. The van der Waals surface area contributed by atoms with Gasteiger partial charge in [-0.2, -0.15) is 0 Å². The zero-order valence-electron chi connectivity index (χ0n) is 11.0. The van der Waals surface area contributed by atoms with Gasteiger partial charge < -0.3 is 19.3 Å². The first-order valence-electron chi connectivity index (χ1n) is 6.31. The maximum absolute atomic E-state index is 12.2. The van der Waals surface area contributed by atoms with Gasteiger partial charge in [0.25, 0.3) is 5.91 Å². The number of hydrogen-bond acceptors (Lipinski definition) is 6. The number of nitrogens with zero attached hydrogens (tertiary/aromatic N) is 3. The predicted molar refractivity (Wildman–Crippen MR) is 66.6 cm³/mol. The van der Waals surface area contributed by atoms with Gasteiger partial charge in [-0.25, -0.2) is 0 Å². The third kappa shape index (κ3) is 3.52. The Morgan fingerprint density at radius 1 is 1.47 bits per heavy atom. The van der Waals surface area contributed by atoms with Crippen LogP contribution in [0.3, 0.4) is 0 Å². The van der Waals surface area contributed by atoms with Crippen LogP contribution in [0.4, 0.5) is 0 Å². The fraction of sp³-hybridized carbons (Fsp3) is 0.667. The molecule has 2 rings (SSSR count). The third-order valence-electron chi connectivity index (χ3n) is 3.14. The number of hydrogen-bond donors (Lipinski definition) is 1. The third-order valence-corrected chi connectivity index (χ3v) is 3.14. The van der Waals surface area contributed by atoms with Gasteiger partial charge >= 0.3 is 0 Å². The maximum atomic E-state index is 12.2. The molecule has 1 fully saturated rings. The van der Waals surface area contributed by atoms with Crippen LogP contribution in [0.1, 0.15) is 16.2 Å². The summed E-state index contributed by atoms with van der Waals surface area (Å²) >= 11 is 0. The van der Waals surface area contributed by atoms with Gasteiger partial charge in [0, 0.05) is 45.9 Å². The van der Waals surface area contributed by atoms with Gasteiger partial charge in [-0.1, -0.05) is 5.16 Å². The van der Waals surface area contributed by atoms with E-state index in [0.717, 1.165) is 13.1 Å². The van der Waals surface area contributed by atoms with Crippen LogP contribution in [0.15, 0.2) is 10.6 Å². The second-order valence-corrected chi connectivity index (χ2v) is 4.47. The van der Waals surface area contributed by atoms with Crippen molar-refractivity contribution >= 4 is 5.91 Å². The lowest BCUT2D eigenvalue weighted by atomic mass is 10.2. The van der Waals surface area contributed by atoms with Crippen molar-refractivity contribution in [1.29, 1.82) is 0 Å². The van der Waals surface area contributed by atoms with Crippen LogP contribution in [0.2, 0.25) is 0 Å². The number of carbonyl (C=O) groups excluding carboxylic acids is 1. The van der Waals surface area contributed by atoms with Gasteiger partial charge in [0.2, 0.25) is 0 Å². The Balaban J connectivity index is 1.89. The zero-order chi connectivity index (χ0) is 13.7. The molecule has 1 N–H and O–H groups in total. The van der Waals surface area contributed by atoms with Crippen molar-refractivity contribution in [1.82, 2.24) is 15.0 Å². The fourth-order valence-corrected chi connectivity index (χ4v) is 2.10. The highest BCUT2D eigenvalue weighted by Gasteiger charge is 2.24. The summed E-state index contributed by atoms with van der Waals surface area (Å²) in [5.74, 6) is 0.430. The number of carbonyl (C=O) groups is 1. The predicted octanol–water partition coefficient (Wildman–Crippen LogP) is -0.429. The summed E-state index contributed by atoms with van der Waals surface area (Å²) in [6, 6.07) is 1.62. The van der Waals surface area contributed by atoms with E-state index in [1.165, 1.54) is 0 Å². The molecule has 1 saturated heterocycles. The van der Waals surface area contributed by atoms with E-state index >= 15 is 0 Å². The van der Waals surface area contributed by atoms with Crippen LogP contribution < -0.4 is 0 Å². The molecule has 0 saturated carbocycles. The number of aliphatic hydroxyl groups excluding tert-OH is 1. The number of methoxy groups -OCH3 is 1. The van der Waals surface area contributed by atoms with Crippen LogP contribution in [-0.2, 0) is 11.3 Å². The highest BCUT2D eigenvalue weighted by molar-refractivity contribution is 5.92. The monoisotopic (exact) mass is 269 g/mol. The molecule has 7 nitrogen and oxygen atoms in total. The van der Waals surface area contributed by atoms with E-state index in [4.69, 9.17) is 14.4 Å². The first-order valence-corrected chi connectivity index (χ1v) is 6.31. The van der Waals surface area contributed by atoms with Gasteiger partial charge in [0.05, 0.1) is 6.61 Å². The Hall–Kier alpha value is -1.44. The first-order chi connectivity index (χ1) is 9.24. The molecule has 1 aliphatic rings. The Morgan fingerprint density at radius 3 is 2.84 bits per heavy atom. The standard InChI is InChI=1S/C12H19N3O4/c1-18-9-10-8-11(13-19-10)12(17)15-4-2-14(3-5-15)6-7-16/h8,16H,2-7,9H2,1H3. The molecule has 1 aromatic heterocycles. The molecule has 7 heteroatoms. The molecule has 1 aromatic rings. The minimum Gasteiger partial charge on any atom is -0.395 e. The van der Waals surface area contributed by atoms with Crippen LogP contribution in [-0.4, -0.2) is 72.4 Å². The van der Waals surface area contributed by atoms with Crippen molar-refractivity contribution < 1.29 is 19.2 Å². The quantitative estimate of drug-likeness (QED) is 0.781. The normalized spacial score (nSPS) is 16.8. The molecule has 19 heavy (non-hydrogen) atoms. The number of aromatic nitrogens is 1. The lowest BCUT2D eigenvalue weighted by Crippen LogP contribution is -2.49. The van der Waals surface area contributed by atoms with Crippen LogP contribution in [0, 0.1) is 0 Å². The zero-order valence-corrected chi connectivity index (χ0v) is 11.0. The van der Waals surface area contributed by atoms with Gasteiger partial charge in [-0.05, 0) is 0 Å². The summed E-state index contributed by atoms with van der Waals surface area (Å²) in [6.45, 7) is 3.95. The van der Waals surface area contributed by atoms with Crippen molar-refractivity contribution in [3.05, 3.63) is 17.5 Å². The minimum atomic E-state index is -0.116. The van der Waals surface area contributed by atoms with E-state index < -0.39 is 0 Å². The SMILES string of the molecule is COCc1cc(C(=O)N2CCN(CCO)CC2)no1. The van der Waals surface area contributed by atoms with Crippen LogP contribution >= 0.6 is 0 Å².